The van der Waals surface area contributed by atoms with Crippen molar-refractivity contribution in [1.82, 2.24) is 19.4 Å². The number of benzene rings is 1. The highest BCUT2D eigenvalue weighted by molar-refractivity contribution is 7.88. The van der Waals surface area contributed by atoms with Gasteiger partial charge in [0.2, 0.25) is 10.0 Å². The molecule has 0 unspecified atom stereocenters. The number of hydrogen-bond acceptors (Lipinski definition) is 7. The summed E-state index contributed by atoms with van der Waals surface area (Å²) in [6, 6.07) is 8.45. The lowest BCUT2D eigenvalue weighted by Crippen LogP contribution is -2.49. The topological polar surface area (TPSA) is 92.4 Å². The zero-order chi connectivity index (χ0) is 19.7. The molecule has 0 amide bonds. The van der Waals surface area contributed by atoms with Crippen molar-refractivity contribution in [2.24, 2.45) is 0 Å². The predicted octanol–water partition coefficient (Wildman–Crippen LogP) is 2.21. The molecule has 1 saturated heterocycles. The Morgan fingerprint density at radius 2 is 1.82 bits per heavy atom. The summed E-state index contributed by atoms with van der Waals surface area (Å²) in [4.78, 5) is 9.78. The van der Waals surface area contributed by atoms with E-state index in [1.807, 2.05) is 4.90 Å². The molecule has 148 valence electrons. The van der Waals surface area contributed by atoms with Crippen molar-refractivity contribution in [3.8, 4) is 0 Å². The average molecular weight is 409 g/mol. The fourth-order valence-electron chi connectivity index (χ4n) is 3.18. The van der Waals surface area contributed by atoms with E-state index in [-0.39, 0.29) is 18.8 Å². The summed E-state index contributed by atoms with van der Waals surface area (Å²) in [6.45, 7) is 1.12. The van der Waals surface area contributed by atoms with Gasteiger partial charge in [-0.1, -0.05) is 17.3 Å². The van der Waals surface area contributed by atoms with Gasteiger partial charge in [0, 0.05) is 37.6 Å². The van der Waals surface area contributed by atoms with Crippen molar-refractivity contribution in [1.29, 1.82) is 0 Å². The van der Waals surface area contributed by atoms with Crippen LogP contribution in [-0.4, -0.2) is 54.0 Å². The Labute approximate surface area is 159 Å². The number of sulfonamides is 1. The molecule has 28 heavy (non-hydrogen) atoms. The van der Waals surface area contributed by atoms with Crippen LogP contribution < -0.4 is 4.90 Å². The average Bonchev–Trinajstić information content (AvgIpc) is 3.19. The maximum absolute atomic E-state index is 13.2. The summed E-state index contributed by atoms with van der Waals surface area (Å²) in [5.41, 5.74) is 0.773. The number of fused-ring (bicyclic) bond motifs is 1. The first-order chi connectivity index (χ1) is 13.4. The van der Waals surface area contributed by atoms with E-state index in [9.17, 15) is 17.2 Å². The number of nitrogens with zero attached hydrogens (tertiary/aromatic N) is 5. The fourth-order valence-corrected chi connectivity index (χ4v) is 4.61. The number of rotatable bonds is 5. The largest absolute Gasteiger partial charge is 0.364 e. The first-order valence-electron chi connectivity index (χ1n) is 8.61. The number of alkyl halides is 2. The van der Waals surface area contributed by atoms with E-state index in [4.69, 9.17) is 0 Å². The van der Waals surface area contributed by atoms with Crippen LogP contribution in [0.2, 0.25) is 0 Å². The van der Waals surface area contributed by atoms with Crippen molar-refractivity contribution in [2.45, 2.75) is 12.2 Å². The molecule has 1 aliphatic heterocycles. The Morgan fingerprint density at radius 1 is 1.07 bits per heavy atom. The molecule has 0 N–H and O–H groups in total. The van der Waals surface area contributed by atoms with Crippen molar-refractivity contribution in [2.75, 3.05) is 31.1 Å². The third-order valence-corrected chi connectivity index (χ3v) is 6.36. The Kier molecular flexibility index (Phi) is 4.94. The smallest absolute Gasteiger partial charge is 0.297 e. The molecular formula is C17H17F2N5O3S. The molecule has 0 radical (unpaired) electrons. The van der Waals surface area contributed by atoms with Crippen LogP contribution >= 0.6 is 0 Å². The van der Waals surface area contributed by atoms with E-state index >= 15 is 0 Å². The molecule has 4 rings (SSSR count). The van der Waals surface area contributed by atoms with Crippen LogP contribution in [0.15, 0.2) is 41.1 Å². The number of halogens is 2. The van der Waals surface area contributed by atoms with E-state index in [1.54, 1.807) is 24.3 Å². The lowest BCUT2D eigenvalue weighted by molar-refractivity contribution is 0.141. The van der Waals surface area contributed by atoms with Gasteiger partial charge in [-0.25, -0.2) is 27.2 Å². The van der Waals surface area contributed by atoms with E-state index in [1.165, 1.54) is 16.6 Å². The van der Waals surface area contributed by atoms with Crippen molar-refractivity contribution in [3.63, 3.8) is 0 Å². The molecule has 11 heteroatoms. The molecule has 0 aliphatic carbocycles. The van der Waals surface area contributed by atoms with Gasteiger partial charge in [0.25, 0.3) is 6.43 Å². The first-order valence-corrected chi connectivity index (χ1v) is 10.2. The minimum absolute atomic E-state index is 0.225. The molecule has 0 saturated carbocycles. The van der Waals surface area contributed by atoms with Gasteiger partial charge in [-0.15, -0.1) is 0 Å². The highest BCUT2D eigenvalue weighted by Crippen LogP contribution is 2.28. The zero-order valence-electron chi connectivity index (χ0n) is 14.7. The molecule has 0 atom stereocenters. The molecule has 3 heterocycles. The van der Waals surface area contributed by atoms with Crippen molar-refractivity contribution >= 4 is 26.7 Å². The third kappa shape index (κ3) is 3.67. The van der Waals surface area contributed by atoms with Crippen molar-refractivity contribution in [3.05, 3.63) is 48.1 Å². The lowest BCUT2D eigenvalue weighted by Gasteiger charge is -2.35. The van der Waals surface area contributed by atoms with Crippen LogP contribution in [-0.2, 0) is 15.8 Å². The second-order valence-corrected chi connectivity index (χ2v) is 8.33. The van der Waals surface area contributed by atoms with Crippen LogP contribution in [0, 0.1) is 0 Å². The van der Waals surface area contributed by atoms with Crippen LogP contribution in [0.4, 0.5) is 14.6 Å². The summed E-state index contributed by atoms with van der Waals surface area (Å²) in [5.74, 6) is -0.376. The summed E-state index contributed by atoms with van der Waals surface area (Å²) in [6.07, 6.45) is -1.46. The fraction of sp³-hybridized carbons (Fsp3) is 0.353. The maximum atomic E-state index is 13.2. The molecule has 1 aliphatic rings. The molecule has 8 nitrogen and oxygen atoms in total. The molecule has 1 fully saturated rings. The summed E-state index contributed by atoms with van der Waals surface area (Å²) >= 11 is 0. The van der Waals surface area contributed by atoms with Gasteiger partial charge >= 0.3 is 0 Å². The summed E-state index contributed by atoms with van der Waals surface area (Å²) in [5, 5.41) is 4.30. The second kappa shape index (κ2) is 7.40. The monoisotopic (exact) mass is 409 g/mol. The van der Waals surface area contributed by atoms with Crippen LogP contribution in [0.1, 0.15) is 17.9 Å². The highest BCUT2D eigenvalue weighted by Gasteiger charge is 2.29. The Hall–Kier alpha value is -2.66. The lowest BCUT2D eigenvalue weighted by atomic mass is 10.2. The zero-order valence-corrected chi connectivity index (χ0v) is 15.5. The molecule has 3 aromatic rings. The van der Waals surface area contributed by atoms with Crippen LogP contribution in [0.5, 0.6) is 0 Å². The number of aromatic nitrogens is 3. The molecular weight excluding hydrogens is 392 g/mol. The predicted molar refractivity (Wildman–Crippen MR) is 97.4 cm³/mol. The molecule has 1 aromatic carbocycles. The minimum Gasteiger partial charge on any atom is -0.364 e. The van der Waals surface area contributed by atoms with Gasteiger partial charge in [-0.3, -0.25) is 0 Å². The van der Waals surface area contributed by atoms with Gasteiger partial charge in [-0.2, -0.15) is 4.31 Å². The van der Waals surface area contributed by atoms with Crippen LogP contribution in [0.25, 0.3) is 10.9 Å². The second-order valence-electron chi connectivity index (χ2n) is 6.36. The molecule has 0 bridgehead atoms. The van der Waals surface area contributed by atoms with E-state index in [2.05, 4.69) is 19.6 Å². The molecule has 0 spiro atoms. The van der Waals surface area contributed by atoms with Gasteiger partial charge in [0.15, 0.2) is 5.82 Å². The first kappa shape index (κ1) is 18.7. The quantitative estimate of drug-likeness (QED) is 0.638. The number of hydrogen-bond donors (Lipinski definition) is 0. The van der Waals surface area contributed by atoms with E-state index < -0.39 is 22.3 Å². The normalized spacial score (nSPS) is 16.2. The Bertz CT molecular complexity index is 1070. The van der Waals surface area contributed by atoms with Gasteiger partial charge in [0.1, 0.15) is 17.8 Å². The van der Waals surface area contributed by atoms with E-state index in [0.29, 0.717) is 35.5 Å². The minimum atomic E-state index is -3.54. The van der Waals surface area contributed by atoms with Gasteiger partial charge in [0.05, 0.1) is 11.2 Å². The highest BCUT2D eigenvalue weighted by atomic mass is 32.2. The van der Waals surface area contributed by atoms with Gasteiger partial charge < -0.3 is 9.42 Å². The maximum Gasteiger partial charge on any atom is 0.297 e. The Morgan fingerprint density at radius 3 is 2.50 bits per heavy atom. The third-order valence-electron chi connectivity index (χ3n) is 4.55. The SMILES string of the molecule is O=S(=O)(Cc1ccon1)N1CCN(c2nc(C(F)F)nc3ccccc23)CC1. The summed E-state index contributed by atoms with van der Waals surface area (Å²) < 4.78 is 57.5. The van der Waals surface area contributed by atoms with Crippen LogP contribution in [0.3, 0.4) is 0 Å². The van der Waals surface area contributed by atoms with Crippen molar-refractivity contribution < 1.29 is 21.7 Å². The Balaban J connectivity index is 1.55. The van der Waals surface area contributed by atoms with Gasteiger partial charge in [-0.05, 0) is 12.1 Å². The standard InChI is InChI=1S/C17H17F2N5O3S/c18-15(19)16-20-14-4-2-1-3-13(14)17(21-16)23-6-8-24(9-7-23)28(25,26)11-12-5-10-27-22-12/h1-5,10,15H,6-9,11H2. The number of piperazine rings is 1. The number of anilines is 1. The number of para-hydroxylation sites is 1. The summed E-state index contributed by atoms with van der Waals surface area (Å²) in [7, 11) is -3.54. The molecule has 2 aromatic heterocycles. The van der Waals surface area contributed by atoms with E-state index in [0.717, 1.165) is 0 Å².